The lowest BCUT2D eigenvalue weighted by atomic mass is 9.98. The van der Waals surface area contributed by atoms with E-state index < -0.39 is 24.3 Å². The van der Waals surface area contributed by atoms with Crippen molar-refractivity contribution in [2.24, 2.45) is 5.73 Å². The van der Waals surface area contributed by atoms with E-state index in [4.69, 9.17) is 10.8 Å². The quantitative estimate of drug-likeness (QED) is 0.670. The first kappa shape index (κ1) is 14.2. The molecule has 0 aromatic rings. The van der Waals surface area contributed by atoms with Crippen LogP contribution in [-0.2, 0) is 9.53 Å². The minimum absolute atomic E-state index is 0.0696. The lowest BCUT2D eigenvalue weighted by molar-refractivity contribution is -0.174. The highest BCUT2D eigenvalue weighted by Gasteiger charge is 2.29. The molecule has 1 unspecified atom stereocenters. The molecule has 0 spiro atoms. The minimum atomic E-state index is -4.35. The maximum absolute atomic E-state index is 11.6. The number of hydrogen-bond donors (Lipinski definition) is 2. The fraction of sp³-hybridized carbons (Fsp3) is 0.875. The van der Waals surface area contributed by atoms with E-state index in [0.717, 1.165) is 0 Å². The van der Waals surface area contributed by atoms with Gasteiger partial charge in [-0.2, -0.15) is 13.2 Å². The highest BCUT2D eigenvalue weighted by Crippen LogP contribution is 2.15. The van der Waals surface area contributed by atoms with E-state index in [1.165, 1.54) is 6.92 Å². The molecule has 15 heavy (non-hydrogen) atoms. The van der Waals surface area contributed by atoms with Gasteiger partial charge in [0.05, 0.1) is 0 Å². The van der Waals surface area contributed by atoms with Crippen molar-refractivity contribution in [2.75, 3.05) is 13.2 Å². The summed E-state index contributed by atoms with van der Waals surface area (Å²) < 4.78 is 39.1. The molecule has 1 atom stereocenters. The van der Waals surface area contributed by atoms with E-state index >= 15 is 0 Å². The molecule has 3 N–H and O–H groups in total. The monoisotopic (exact) mass is 229 g/mol. The zero-order valence-corrected chi connectivity index (χ0v) is 8.30. The number of halogens is 3. The van der Waals surface area contributed by atoms with Gasteiger partial charge in [0.15, 0.2) is 0 Å². The third-order valence-electron chi connectivity index (χ3n) is 1.74. The Balaban J connectivity index is 3.60. The largest absolute Gasteiger partial charge is 0.480 e. The van der Waals surface area contributed by atoms with Gasteiger partial charge < -0.3 is 15.6 Å². The van der Waals surface area contributed by atoms with Gasteiger partial charge in [0.25, 0.3) is 0 Å². The molecule has 4 nitrogen and oxygen atoms in total. The summed E-state index contributed by atoms with van der Waals surface area (Å²) in [6.45, 7) is -0.167. The molecule has 0 rings (SSSR count). The van der Waals surface area contributed by atoms with Gasteiger partial charge in [0.2, 0.25) is 0 Å². The maximum Gasteiger partial charge on any atom is 0.411 e. The zero-order valence-electron chi connectivity index (χ0n) is 8.30. The number of carboxylic acid groups (broad SMARTS) is 1. The number of nitrogens with two attached hydrogens (primary N) is 1. The standard InChI is InChI=1S/C8H14F3NO3/c1-7(12,6(13)14)3-2-4-15-5-8(9,10)11/h2-5,12H2,1H3,(H,13,14). The van der Waals surface area contributed by atoms with Crippen LogP contribution in [0.25, 0.3) is 0 Å². The van der Waals surface area contributed by atoms with Crippen molar-refractivity contribution >= 4 is 5.97 Å². The summed E-state index contributed by atoms with van der Waals surface area (Å²) in [6.07, 6.45) is -4.10. The molecule has 0 aliphatic rings. The second-order valence-electron chi connectivity index (χ2n) is 3.49. The predicted molar refractivity (Wildman–Crippen MR) is 46.3 cm³/mol. The molecular weight excluding hydrogens is 215 g/mol. The Kier molecular flexibility index (Phi) is 5.02. The number of ether oxygens (including phenoxy) is 1. The number of hydrogen-bond acceptors (Lipinski definition) is 3. The van der Waals surface area contributed by atoms with Crippen molar-refractivity contribution < 1.29 is 27.8 Å². The van der Waals surface area contributed by atoms with Crippen LogP contribution >= 0.6 is 0 Å². The van der Waals surface area contributed by atoms with Crippen molar-refractivity contribution in [3.05, 3.63) is 0 Å². The Hall–Kier alpha value is -0.820. The second-order valence-corrected chi connectivity index (χ2v) is 3.49. The third kappa shape index (κ3) is 7.15. The number of carboxylic acids is 1. The molecular formula is C8H14F3NO3. The van der Waals surface area contributed by atoms with Crippen LogP contribution in [-0.4, -0.2) is 36.0 Å². The van der Waals surface area contributed by atoms with Gasteiger partial charge in [-0.3, -0.25) is 4.79 Å². The molecule has 7 heteroatoms. The molecule has 0 aliphatic heterocycles. The average molecular weight is 229 g/mol. The number of rotatable bonds is 6. The lowest BCUT2D eigenvalue weighted by Crippen LogP contribution is -2.44. The van der Waals surface area contributed by atoms with Crippen LogP contribution in [0.3, 0.4) is 0 Å². The lowest BCUT2D eigenvalue weighted by Gasteiger charge is -2.18. The first-order valence-corrected chi connectivity index (χ1v) is 4.32. The molecule has 0 heterocycles. The SMILES string of the molecule is CC(N)(CCCOCC(F)(F)F)C(=O)O. The molecule has 0 aliphatic carbocycles. The molecule has 0 saturated heterocycles. The van der Waals surface area contributed by atoms with Gasteiger partial charge in [-0.15, -0.1) is 0 Å². The van der Waals surface area contributed by atoms with Crippen LogP contribution in [0.2, 0.25) is 0 Å². The van der Waals surface area contributed by atoms with Crippen LogP contribution in [0.15, 0.2) is 0 Å². The topological polar surface area (TPSA) is 72.5 Å². The molecule has 0 saturated carbocycles. The second kappa shape index (κ2) is 5.32. The van der Waals surface area contributed by atoms with Gasteiger partial charge in [0.1, 0.15) is 12.1 Å². The maximum atomic E-state index is 11.6. The normalized spacial score (nSPS) is 16.1. The Morgan fingerprint density at radius 1 is 1.47 bits per heavy atom. The van der Waals surface area contributed by atoms with Crippen LogP contribution in [0, 0.1) is 0 Å². The molecule has 0 aromatic heterocycles. The summed E-state index contributed by atoms with van der Waals surface area (Å²) in [5, 5.41) is 8.58. The van der Waals surface area contributed by atoms with E-state index in [2.05, 4.69) is 4.74 Å². The number of carbonyl (C=O) groups is 1. The summed E-state index contributed by atoms with van der Waals surface area (Å²) in [5.41, 5.74) is 3.94. The Morgan fingerprint density at radius 2 is 2.00 bits per heavy atom. The van der Waals surface area contributed by atoms with E-state index in [1.807, 2.05) is 0 Å². The molecule has 0 aromatic carbocycles. The van der Waals surface area contributed by atoms with Crippen molar-refractivity contribution in [1.82, 2.24) is 0 Å². The van der Waals surface area contributed by atoms with Crippen LogP contribution in [0.4, 0.5) is 13.2 Å². The highest BCUT2D eigenvalue weighted by molar-refractivity contribution is 5.77. The third-order valence-corrected chi connectivity index (χ3v) is 1.74. The van der Waals surface area contributed by atoms with Gasteiger partial charge >= 0.3 is 12.1 Å². The van der Waals surface area contributed by atoms with E-state index in [1.54, 1.807) is 0 Å². The van der Waals surface area contributed by atoms with Crippen molar-refractivity contribution in [3.63, 3.8) is 0 Å². The Labute approximate surface area is 85.2 Å². The molecule has 0 amide bonds. The first-order chi connectivity index (χ1) is 6.65. The van der Waals surface area contributed by atoms with Crippen LogP contribution < -0.4 is 5.73 Å². The zero-order chi connectivity index (χ0) is 12.1. The Morgan fingerprint density at radius 3 is 2.40 bits per heavy atom. The molecule has 0 fully saturated rings. The Bertz CT molecular complexity index is 216. The molecule has 90 valence electrons. The fourth-order valence-corrected chi connectivity index (χ4v) is 0.836. The number of alkyl halides is 3. The van der Waals surface area contributed by atoms with E-state index in [9.17, 15) is 18.0 Å². The average Bonchev–Trinajstić information content (AvgIpc) is 2.00. The van der Waals surface area contributed by atoms with Gasteiger partial charge in [-0.1, -0.05) is 0 Å². The summed E-state index contributed by atoms with van der Waals surface area (Å²) in [6, 6.07) is 0. The predicted octanol–water partition coefficient (Wildman–Crippen LogP) is 1.15. The van der Waals surface area contributed by atoms with E-state index in [0.29, 0.717) is 0 Å². The summed E-state index contributed by atoms with van der Waals surface area (Å²) in [7, 11) is 0. The van der Waals surface area contributed by atoms with Gasteiger partial charge in [-0.05, 0) is 19.8 Å². The van der Waals surface area contributed by atoms with Crippen molar-refractivity contribution in [2.45, 2.75) is 31.5 Å². The van der Waals surface area contributed by atoms with Crippen molar-refractivity contribution in [1.29, 1.82) is 0 Å². The molecule has 0 radical (unpaired) electrons. The summed E-state index contributed by atoms with van der Waals surface area (Å²) >= 11 is 0. The fourth-order valence-electron chi connectivity index (χ4n) is 0.836. The minimum Gasteiger partial charge on any atom is -0.480 e. The van der Waals surface area contributed by atoms with E-state index in [-0.39, 0.29) is 19.4 Å². The van der Waals surface area contributed by atoms with Crippen LogP contribution in [0.1, 0.15) is 19.8 Å². The smallest absolute Gasteiger partial charge is 0.411 e. The highest BCUT2D eigenvalue weighted by atomic mass is 19.4. The van der Waals surface area contributed by atoms with Crippen LogP contribution in [0.5, 0.6) is 0 Å². The van der Waals surface area contributed by atoms with Gasteiger partial charge in [0, 0.05) is 6.61 Å². The summed E-state index contributed by atoms with van der Waals surface area (Å²) in [5.74, 6) is -1.18. The molecule has 0 bridgehead atoms. The first-order valence-electron chi connectivity index (χ1n) is 4.32. The number of aliphatic carboxylic acids is 1. The van der Waals surface area contributed by atoms with Crippen molar-refractivity contribution in [3.8, 4) is 0 Å². The summed E-state index contributed by atoms with van der Waals surface area (Å²) in [4.78, 5) is 10.5. The van der Waals surface area contributed by atoms with Gasteiger partial charge in [-0.25, -0.2) is 0 Å².